The number of nitrogens with zero attached hydrogens (tertiary/aromatic N) is 4. The summed E-state index contributed by atoms with van der Waals surface area (Å²) >= 11 is 6.32. The number of aromatic nitrogens is 1. The highest BCUT2D eigenvalue weighted by Gasteiger charge is 2.40. The molecule has 3 aliphatic rings. The van der Waals surface area contributed by atoms with Crippen molar-refractivity contribution in [2.24, 2.45) is 16.8 Å². The van der Waals surface area contributed by atoms with Crippen LogP contribution < -0.4 is 15.5 Å². The van der Waals surface area contributed by atoms with E-state index >= 15 is 0 Å². The Bertz CT molecular complexity index is 769. The zero-order valence-corrected chi connectivity index (χ0v) is 18.0. The maximum Gasteiger partial charge on any atom is 0.243 e. The van der Waals surface area contributed by atoms with Crippen LogP contribution in [0, 0.1) is 11.8 Å². The Morgan fingerprint density at radius 3 is 2.86 bits per heavy atom. The molecule has 2 N–H and O–H groups in total. The summed E-state index contributed by atoms with van der Waals surface area (Å²) in [5.41, 5.74) is 0. The Balaban J connectivity index is 1.40. The average Bonchev–Trinajstić information content (AvgIpc) is 3.43. The molecule has 0 spiro atoms. The first-order valence-electron chi connectivity index (χ1n) is 10.6. The average molecular weight is 419 g/mol. The Hall–Kier alpha value is -2.02. The lowest BCUT2D eigenvalue weighted by Crippen LogP contribution is -2.50. The summed E-state index contributed by atoms with van der Waals surface area (Å²) in [6.45, 7) is 1.87. The SMILES string of the molecule is CN(C)C(=O)CN=C(NC1CCN(c2ncccc2Cl)C1)NC1CC2CCC1C2. The van der Waals surface area contributed by atoms with Gasteiger partial charge in [0.2, 0.25) is 5.91 Å². The zero-order valence-electron chi connectivity index (χ0n) is 17.3. The van der Waals surface area contributed by atoms with Crippen LogP contribution in [0.4, 0.5) is 5.82 Å². The van der Waals surface area contributed by atoms with Crippen molar-refractivity contribution in [2.75, 3.05) is 38.6 Å². The highest BCUT2D eigenvalue weighted by Crippen LogP contribution is 2.44. The second-order valence-corrected chi connectivity index (χ2v) is 9.17. The summed E-state index contributed by atoms with van der Waals surface area (Å²) in [5, 5.41) is 7.89. The van der Waals surface area contributed by atoms with Crippen LogP contribution in [0.5, 0.6) is 0 Å². The van der Waals surface area contributed by atoms with Crippen molar-refractivity contribution in [3.8, 4) is 0 Å². The fraction of sp³-hybridized carbons (Fsp3) is 0.667. The van der Waals surface area contributed by atoms with Gasteiger partial charge in [0, 0.05) is 45.5 Å². The van der Waals surface area contributed by atoms with Crippen molar-refractivity contribution in [1.82, 2.24) is 20.5 Å². The quantitative estimate of drug-likeness (QED) is 0.566. The third-order valence-electron chi connectivity index (χ3n) is 6.50. The number of likely N-dealkylation sites (N-methyl/N-ethyl adjacent to an activating group) is 1. The molecular weight excluding hydrogens is 388 g/mol. The van der Waals surface area contributed by atoms with E-state index in [1.807, 2.05) is 12.1 Å². The van der Waals surface area contributed by atoms with Gasteiger partial charge in [0.1, 0.15) is 12.4 Å². The fourth-order valence-electron chi connectivity index (χ4n) is 4.89. The molecule has 2 bridgehead atoms. The van der Waals surface area contributed by atoms with Crippen LogP contribution in [0.15, 0.2) is 23.3 Å². The van der Waals surface area contributed by atoms with Gasteiger partial charge in [-0.3, -0.25) is 4.79 Å². The first-order valence-corrected chi connectivity index (χ1v) is 11.0. The smallest absolute Gasteiger partial charge is 0.243 e. The van der Waals surface area contributed by atoms with Crippen molar-refractivity contribution in [3.05, 3.63) is 23.4 Å². The fourth-order valence-corrected chi connectivity index (χ4v) is 5.13. The van der Waals surface area contributed by atoms with Crippen molar-refractivity contribution < 1.29 is 4.79 Å². The van der Waals surface area contributed by atoms with Gasteiger partial charge in [-0.25, -0.2) is 9.98 Å². The molecule has 2 aliphatic carbocycles. The summed E-state index contributed by atoms with van der Waals surface area (Å²) in [5.74, 6) is 3.20. The van der Waals surface area contributed by atoms with E-state index in [-0.39, 0.29) is 18.5 Å². The van der Waals surface area contributed by atoms with Gasteiger partial charge in [-0.2, -0.15) is 0 Å². The van der Waals surface area contributed by atoms with E-state index in [2.05, 4.69) is 25.5 Å². The molecule has 1 amide bonds. The van der Waals surface area contributed by atoms with Gasteiger partial charge in [-0.1, -0.05) is 18.0 Å². The van der Waals surface area contributed by atoms with Gasteiger partial charge in [-0.05, 0) is 49.7 Å². The number of pyridine rings is 1. The van der Waals surface area contributed by atoms with Crippen LogP contribution >= 0.6 is 11.6 Å². The van der Waals surface area contributed by atoms with E-state index < -0.39 is 0 Å². The first-order chi connectivity index (χ1) is 14.0. The summed E-state index contributed by atoms with van der Waals surface area (Å²) in [6, 6.07) is 4.44. The molecule has 7 nitrogen and oxygen atoms in total. The van der Waals surface area contributed by atoms with Crippen LogP contribution in [-0.4, -0.2) is 67.6 Å². The van der Waals surface area contributed by atoms with Gasteiger partial charge in [-0.15, -0.1) is 0 Å². The van der Waals surface area contributed by atoms with Gasteiger partial charge >= 0.3 is 0 Å². The number of aliphatic imine (C=N–C) groups is 1. The molecule has 0 radical (unpaired) electrons. The second kappa shape index (κ2) is 8.78. The summed E-state index contributed by atoms with van der Waals surface area (Å²) in [6.07, 6.45) is 7.97. The zero-order chi connectivity index (χ0) is 20.4. The first kappa shape index (κ1) is 20.3. The van der Waals surface area contributed by atoms with Crippen LogP contribution in [0.3, 0.4) is 0 Å². The van der Waals surface area contributed by atoms with Crippen LogP contribution in [0.2, 0.25) is 5.02 Å². The maximum atomic E-state index is 12.1. The molecular formula is C21H31ClN6O. The molecule has 4 rings (SSSR count). The number of hydrogen-bond acceptors (Lipinski definition) is 4. The minimum atomic E-state index is 0.00681. The molecule has 1 saturated heterocycles. The molecule has 1 aromatic heterocycles. The van der Waals surface area contributed by atoms with Crippen molar-refractivity contribution >= 4 is 29.3 Å². The van der Waals surface area contributed by atoms with Gasteiger partial charge in [0.15, 0.2) is 5.96 Å². The lowest BCUT2D eigenvalue weighted by molar-refractivity contribution is -0.127. The molecule has 2 heterocycles. The molecule has 3 fully saturated rings. The number of halogens is 1. The standard InChI is InChI=1S/C21H31ClN6O/c1-27(2)19(29)12-24-21(26-18-11-14-5-6-15(18)10-14)25-16-7-9-28(13-16)20-17(22)4-3-8-23-20/h3-4,8,14-16,18H,5-7,9-13H2,1-2H3,(H2,24,25,26). The summed E-state index contributed by atoms with van der Waals surface area (Å²) < 4.78 is 0. The van der Waals surface area contributed by atoms with Crippen molar-refractivity contribution in [3.63, 3.8) is 0 Å². The Kier molecular flexibility index (Phi) is 6.13. The number of amides is 1. The van der Waals surface area contributed by atoms with Gasteiger partial charge in [0.25, 0.3) is 0 Å². The lowest BCUT2D eigenvalue weighted by atomic mass is 9.95. The predicted octanol–water partition coefficient (Wildman–Crippen LogP) is 2.13. The molecule has 8 heteroatoms. The van der Waals surface area contributed by atoms with Crippen LogP contribution in [0.25, 0.3) is 0 Å². The topological polar surface area (TPSA) is 72.9 Å². The molecule has 158 valence electrons. The predicted molar refractivity (Wildman–Crippen MR) is 116 cm³/mol. The Labute approximate surface area is 177 Å². The van der Waals surface area contributed by atoms with E-state index in [0.717, 1.165) is 43.1 Å². The van der Waals surface area contributed by atoms with Crippen molar-refractivity contribution in [2.45, 2.75) is 44.2 Å². The Morgan fingerprint density at radius 2 is 2.17 bits per heavy atom. The van der Waals surface area contributed by atoms with E-state index in [4.69, 9.17) is 11.6 Å². The molecule has 1 aromatic rings. The van der Waals surface area contributed by atoms with E-state index in [0.29, 0.717) is 11.1 Å². The number of hydrogen-bond donors (Lipinski definition) is 2. The van der Waals surface area contributed by atoms with Gasteiger partial charge in [0.05, 0.1) is 5.02 Å². The highest BCUT2D eigenvalue weighted by molar-refractivity contribution is 6.32. The minimum absolute atomic E-state index is 0.00681. The largest absolute Gasteiger partial charge is 0.353 e. The number of guanidine groups is 1. The van der Waals surface area contributed by atoms with Crippen molar-refractivity contribution in [1.29, 1.82) is 0 Å². The van der Waals surface area contributed by atoms with Gasteiger partial charge < -0.3 is 20.4 Å². The number of rotatable bonds is 5. The second-order valence-electron chi connectivity index (χ2n) is 8.76. The number of nitrogens with one attached hydrogen (secondary N) is 2. The number of anilines is 1. The molecule has 4 atom stereocenters. The monoisotopic (exact) mass is 418 g/mol. The van der Waals surface area contributed by atoms with Crippen LogP contribution in [-0.2, 0) is 4.79 Å². The minimum Gasteiger partial charge on any atom is -0.353 e. The number of carbonyl (C=O) groups is 1. The van der Waals surface area contributed by atoms with E-state index in [1.165, 1.54) is 25.7 Å². The molecule has 4 unspecified atom stereocenters. The Morgan fingerprint density at radius 1 is 1.31 bits per heavy atom. The lowest BCUT2D eigenvalue weighted by Gasteiger charge is -2.27. The summed E-state index contributed by atoms with van der Waals surface area (Å²) in [7, 11) is 3.53. The van der Waals surface area contributed by atoms with E-state index in [1.54, 1.807) is 25.2 Å². The molecule has 1 aliphatic heterocycles. The molecule has 29 heavy (non-hydrogen) atoms. The maximum absolute atomic E-state index is 12.1. The number of carbonyl (C=O) groups excluding carboxylic acids is 1. The highest BCUT2D eigenvalue weighted by atomic mass is 35.5. The van der Waals surface area contributed by atoms with Crippen LogP contribution in [0.1, 0.15) is 32.1 Å². The third-order valence-corrected chi connectivity index (χ3v) is 6.79. The third kappa shape index (κ3) is 4.77. The number of fused-ring (bicyclic) bond motifs is 2. The summed E-state index contributed by atoms with van der Waals surface area (Å²) in [4.78, 5) is 24.9. The van der Waals surface area contributed by atoms with E-state index in [9.17, 15) is 4.79 Å². The molecule has 2 saturated carbocycles. The normalized spacial score (nSPS) is 28.7. The molecule has 0 aromatic carbocycles.